The van der Waals surface area contributed by atoms with Crippen molar-refractivity contribution in [2.24, 2.45) is 22.2 Å². The Morgan fingerprint density at radius 1 is 0.358 bits per heavy atom. The van der Waals surface area contributed by atoms with Crippen LogP contribution in [0.5, 0.6) is 51.7 Å². The van der Waals surface area contributed by atoms with Gasteiger partial charge >= 0.3 is 11.9 Å². The van der Waals surface area contributed by atoms with Gasteiger partial charge in [-0.05, 0) is 268 Å². The van der Waals surface area contributed by atoms with Crippen LogP contribution in [-0.2, 0) is 18.0 Å². The van der Waals surface area contributed by atoms with Crippen LogP contribution in [0.15, 0.2) is 310 Å². The average molecular weight is 1970 g/mol. The van der Waals surface area contributed by atoms with Gasteiger partial charge in [0.2, 0.25) is 0 Å². The third-order valence-electron chi connectivity index (χ3n) is 25.5. The SMILES string of the molecule is [C-]#[N+]/C(C#N)=C1C=C(/C=C/c2ccc(N(C)CCOc3cc(COc4cc(OCc5cc(OCCN(C)c6ccc(/C=C/C7=CC(=C(/C#N)[N+]#[C-])/CC(C)(C)C7)cc6)cc(OCCN(C)c6ccc(/C=C/C7=CC(=C(/C#N)[N+]#[C-])/CC(C)(C)C7)cc6)c5)cc(C(=O)Oc5cc(OCOC)cc(C(=O)Oc6ccc(C)cc6)c5)c4)cc(OCCN(C)c4ccc(/C=C/C5=CC(=C(C#N)C#N)CC(C)(C)C5)cc4)c3)cc2)CC(C)C\1. The van der Waals surface area contributed by atoms with Gasteiger partial charge in [-0.25, -0.2) is 39.9 Å². The number of nitriles is 5. The fourth-order valence-electron chi connectivity index (χ4n) is 18.0. The molecule has 1 unspecified atom stereocenters. The second kappa shape index (κ2) is 51.1. The second-order valence-electron chi connectivity index (χ2n) is 39.9. The fourth-order valence-corrected chi connectivity index (χ4v) is 18.0. The number of nitrogens with zero attached hydrogens (tertiary/aromatic N) is 12. The predicted molar refractivity (Wildman–Crippen MR) is 581 cm³/mol. The van der Waals surface area contributed by atoms with Gasteiger partial charge in [-0.2, -0.15) is 10.5 Å². The summed E-state index contributed by atoms with van der Waals surface area (Å²) >= 11 is 0. The molecule has 750 valence electrons. The second-order valence-corrected chi connectivity index (χ2v) is 39.9. The lowest BCUT2D eigenvalue weighted by Gasteiger charge is -2.30. The smallest absolute Gasteiger partial charge is 0.343 e. The van der Waals surface area contributed by atoms with Crippen molar-refractivity contribution >= 4 is 59.0 Å². The van der Waals surface area contributed by atoms with Gasteiger partial charge in [-0.3, -0.25) is 0 Å². The maximum Gasteiger partial charge on any atom is 0.343 e. The van der Waals surface area contributed by atoms with Crippen molar-refractivity contribution < 1.29 is 57.0 Å². The molecule has 9 aromatic carbocycles. The van der Waals surface area contributed by atoms with Gasteiger partial charge in [0.15, 0.2) is 6.79 Å². The summed E-state index contributed by atoms with van der Waals surface area (Å²) in [7, 11) is 9.44. The first-order valence-electron chi connectivity index (χ1n) is 49.1. The molecule has 0 N–H and O–H groups in total. The first-order chi connectivity index (χ1) is 71.2. The number of carbonyl (C=O) groups is 2. The Bertz CT molecular complexity index is 6890. The molecular formula is C124H122N12O12. The van der Waals surface area contributed by atoms with E-state index in [9.17, 15) is 31.1 Å². The average Bonchev–Trinajstić information content (AvgIpc) is 0.818. The molecule has 24 nitrogen and oxygen atoms in total. The zero-order valence-electron chi connectivity index (χ0n) is 86.2. The summed E-state index contributed by atoms with van der Waals surface area (Å²) in [6, 6.07) is 70.4. The van der Waals surface area contributed by atoms with Gasteiger partial charge in [0.05, 0.1) is 75.2 Å². The Labute approximate surface area is 869 Å². The number of rotatable bonds is 41. The van der Waals surface area contributed by atoms with Crippen LogP contribution in [0.2, 0.25) is 0 Å². The molecular weight excluding hydrogens is 1850 g/mol. The van der Waals surface area contributed by atoms with E-state index >= 15 is 4.79 Å². The van der Waals surface area contributed by atoms with E-state index in [1.54, 1.807) is 30.3 Å². The highest BCUT2D eigenvalue weighted by Crippen LogP contribution is 2.45. The number of ether oxygens (including phenoxy) is 10. The monoisotopic (exact) mass is 1970 g/mol. The molecule has 0 heterocycles. The summed E-state index contributed by atoms with van der Waals surface area (Å²) in [5.41, 5.74) is 17.5. The molecule has 0 radical (unpaired) electrons. The van der Waals surface area contributed by atoms with Gasteiger partial charge in [0, 0.05) is 82.3 Å². The van der Waals surface area contributed by atoms with Crippen LogP contribution in [0.3, 0.4) is 0 Å². The molecule has 0 fully saturated rings. The Balaban J connectivity index is 0.773. The Morgan fingerprint density at radius 3 is 1.01 bits per heavy atom. The first-order valence-corrected chi connectivity index (χ1v) is 49.1. The molecule has 9 aromatic rings. The summed E-state index contributed by atoms with van der Waals surface area (Å²) in [6.45, 7) is 42.4. The van der Waals surface area contributed by atoms with Crippen LogP contribution in [0.25, 0.3) is 38.8 Å². The molecule has 0 saturated heterocycles. The molecule has 13 rings (SSSR count). The standard InChI is InChI=1S/C124H122N12O12/c1-85-17-43-108(44-18-85)147-120(137)99-65-115(146-84-139-16)70-116(66-99)148-121(138)98-63-113(144-82-95-59-109(140-49-45-133(12)104-35-27-87(28-36-104)19-23-91-53-86(2)54-97(55-91)117(79-127)130-9)67-110(60-95)141-50-46-134(13)105-37-29-88(30-38-105)20-24-92-56-100(103(77-125)78-126)74-122(3,4)71-92)69-114(64-98)145-83-96-61-111(142-51-47-135(14)106-39-31-89(32-40-106)21-25-93-57-101(118(80-128)131-10)75-123(5,6)72-93)68-112(62-96)143-52-48-136(15)107-41-33-90(34-42-107)22-26-94-58-102(119(81-129)132-11)76-124(7,8)73-94/h17-44,55-70,86H,45-54,71-76,82-84H2,1-8,12-16H3/b23-19+,24-20+,25-21+,26-22+,117-97-,118-101+,119-102+. The molecule has 4 aliphatic carbocycles. The molecule has 0 aromatic heterocycles. The lowest BCUT2D eigenvalue weighted by molar-refractivity contribution is 0.0505. The van der Waals surface area contributed by atoms with Gasteiger partial charge in [0.1, 0.15) is 109 Å². The van der Waals surface area contributed by atoms with E-state index < -0.39 is 11.9 Å². The summed E-state index contributed by atoms with van der Waals surface area (Å²) in [4.78, 5) is 47.9. The number of aryl methyl sites for hydroxylation is 1. The molecule has 0 saturated carbocycles. The Morgan fingerprint density at radius 2 is 0.662 bits per heavy atom. The third-order valence-corrected chi connectivity index (χ3v) is 25.5. The number of benzene rings is 9. The quantitative estimate of drug-likeness (QED) is 0.0113. The summed E-state index contributed by atoms with van der Waals surface area (Å²) < 4.78 is 63.2. The number of likely N-dealkylation sites (N-methyl/N-ethyl adjacent to an activating group) is 4. The third kappa shape index (κ3) is 31.7. The number of anilines is 4. The fraction of sp³-hybridized carbons (Fsp3) is 0.290. The van der Waals surface area contributed by atoms with Crippen molar-refractivity contribution in [3.8, 4) is 82.1 Å². The van der Waals surface area contributed by atoms with Gasteiger partial charge in [-0.1, -0.05) is 188 Å². The van der Waals surface area contributed by atoms with Crippen LogP contribution in [-0.4, -0.2) is 107 Å². The van der Waals surface area contributed by atoms with Crippen molar-refractivity contribution in [1.82, 2.24) is 0 Å². The topological polar surface area (TPSA) is 271 Å². The molecule has 0 aliphatic heterocycles. The van der Waals surface area contributed by atoms with Crippen LogP contribution < -0.4 is 62.2 Å². The van der Waals surface area contributed by atoms with E-state index in [1.165, 1.54) is 25.3 Å². The van der Waals surface area contributed by atoms with Gasteiger partial charge < -0.3 is 67.0 Å². The van der Waals surface area contributed by atoms with E-state index in [0.717, 1.165) is 121 Å². The highest BCUT2D eigenvalue weighted by Gasteiger charge is 2.31. The minimum atomic E-state index is -0.846. The van der Waals surface area contributed by atoms with Crippen molar-refractivity contribution in [1.29, 1.82) is 26.3 Å². The predicted octanol–water partition coefficient (Wildman–Crippen LogP) is 26.7. The molecule has 148 heavy (non-hydrogen) atoms. The summed E-state index contributed by atoms with van der Waals surface area (Å²) in [6.07, 6.45) is 30.2. The van der Waals surface area contributed by atoms with Crippen LogP contribution in [0, 0.1) is 105 Å². The van der Waals surface area contributed by atoms with Gasteiger partial charge in [-0.15, -0.1) is 0 Å². The van der Waals surface area contributed by atoms with Crippen molar-refractivity contribution in [2.75, 3.05) is 114 Å². The lowest BCUT2D eigenvalue weighted by atomic mass is 9.74. The summed E-state index contributed by atoms with van der Waals surface area (Å²) in [5, 5.41) is 48.4. The Kier molecular flexibility index (Phi) is 37.2. The normalized spacial score (nSPS) is 16.0. The number of allylic oxidation sites excluding steroid dienone is 20. The van der Waals surface area contributed by atoms with E-state index in [4.69, 9.17) is 67.1 Å². The number of carbonyl (C=O) groups excluding carboxylic acids is 2. The van der Waals surface area contributed by atoms with Crippen LogP contribution >= 0.6 is 0 Å². The number of hydrogen-bond acceptors (Lipinski definition) is 21. The molecule has 0 bridgehead atoms. The van der Waals surface area contributed by atoms with Crippen LogP contribution in [0.1, 0.15) is 159 Å². The van der Waals surface area contributed by atoms with Crippen molar-refractivity contribution in [3.05, 3.63) is 394 Å². The van der Waals surface area contributed by atoms with E-state index in [0.29, 0.717) is 97.7 Å². The zero-order valence-corrected chi connectivity index (χ0v) is 86.2. The van der Waals surface area contributed by atoms with E-state index in [1.807, 2.05) is 144 Å². The van der Waals surface area contributed by atoms with Crippen LogP contribution in [0.4, 0.5) is 22.7 Å². The van der Waals surface area contributed by atoms with E-state index in [-0.39, 0.29) is 119 Å². The summed E-state index contributed by atoms with van der Waals surface area (Å²) in [5.74, 6) is 1.55. The highest BCUT2D eigenvalue weighted by molar-refractivity contribution is 5.94. The maximum absolute atomic E-state index is 15.1. The molecule has 24 heteroatoms. The highest BCUT2D eigenvalue weighted by atomic mass is 16.7. The minimum absolute atomic E-state index is 0.00959. The lowest BCUT2D eigenvalue weighted by Crippen LogP contribution is -2.24. The van der Waals surface area contributed by atoms with Crippen molar-refractivity contribution in [2.45, 2.75) is 120 Å². The molecule has 1 atom stereocenters. The van der Waals surface area contributed by atoms with E-state index in [2.05, 4.69) is 222 Å². The largest absolute Gasteiger partial charge is 0.492 e. The Hall–Kier alpha value is -17.5. The molecule has 0 amide bonds. The minimum Gasteiger partial charge on any atom is -0.492 e. The number of hydrogen-bond donors (Lipinski definition) is 0. The zero-order chi connectivity index (χ0) is 105. The number of esters is 2. The maximum atomic E-state index is 15.1. The molecule has 0 spiro atoms. The first kappa shape index (κ1) is 108. The van der Waals surface area contributed by atoms with Crippen molar-refractivity contribution in [3.63, 3.8) is 0 Å². The number of methoxy groups -OCH3 is 1. The van der Waals surface area contributed by atoms with Gasteiger partial charge in [0.25, 0.3) is 17.1 Å². The molecule has 4 aliphatic rings.